The highest BCUT2D eigenvalue weighted by Gasteiger charge is 2.35. The summed E-state index contributed by atoms with van der Waals surface area (Å²) in [5.74, 6) is -1.60. The second-order valence-corrected chi connectivity index (χ2v) is 5.90. The normalized spacial score (nSPS) is 16.4. The molecule has 1 atom stereocenters. The molecule has 0 fully saturated rings. The van der Waals surface area contributed by atoms with Crippen molar-refractivity contribution >= 4 is 11.9 Å². The summed E-state index contributed by atoms with van der Waals surface area (Å²) < 4.78 is 2.00. The van der Waals surface area contributed by atoms with E-state index in [4.69, 9.17) is 0 Å². The molecule has 8 nitrogen and oxygen atoms in total. The molecule has 0 radical (unpaired) electrons. The Bertz CT molecular complexity index is 959. The van der Waals surface area contributed by atoms with Gasteiger partial charge in [-0.2, -0.15) is 0 Å². The zero-order valence-corrected chi connectivity index (χ0v) is 13.6. The molecule has 0 saturated heterocycles. The number of carbonyl (C=O) groups is 2. The lowest BCUT2D eigenvalue weighted by Crippen LogP contribution is -2.47. The van der Waals surface area contributed by atoms with Gasteiger partial charge in [-0.05, 0) is 17.5 Å². The zero-order chi connectivity index (χ0) is 18.1. The molecule has 1 aromatic carbocycles. The molecule has 25 heavy (non-hydrogen) atoms. The molecule has 1 N–H and O–H groups in total. The number of nitrogens with zero attached hydrogens (tertiary/aromatic N) is 3. The first-order chi connectivity index (χ1) is 11.9. The first kappa shape index (κ1) is 16.7. The van der Waals surface area contributed by atoms with Crippen LogP contribution in [0.4, 0.5) is 0 Å². The molecule has 3 rings (SSSR count). The molecular formula is C17H17N3O5. The van der Waals surface area contributed by atoms with Crippen LogP contribution < -0.4 is 11.2 Å². The van der Waals surface area contributed by atoms with E-state index in [0.29, 0.717) is 12.0 Å². The predicted octanol–water partition coefficient (Wildman–Crippen LogP) is -0.242. The Labute approximate surface area is 142 Å². The van der Waals surface area contributed by atoms with Crippen molar-refractivity contribution in [2.45, 2.75) is 19.0 Å². The Morgan fingerprint density at radius 2 is 1.92 bits per heavy atom. The van der Waals surface area contributed by atoms with Gasteiger partial charge in [-0.25, -0.2) is 9.59 Å². The Morgan fingerprint density at radius 1 is 1.20 bits per heavy atom. The maximum Gasteiger partial charge on any atom is 0.331 e. The minimum atomic E-state index is -1.12. The van der Waals surface area contributed by atoms with Crippen LogP contribution in [0.25, 0.3) is 0 Å². The number of aromatic nitrogens is 2. The summed E-state index contributed by atoms with van der Waals surface area (Å²) in [6, 6.07) is 7.23. The largest absolute Gasteiger partial charge is 0.479 e. The van der Waals surface area contributed by atoms with Gasteiger partial charge in [0.25, 0.3) is 5.56 Å². The van der Waals surface area contributed by atoms with Gasteiger partial charge in [0.1, 0.15) is 6.54 Å². The van der Waals surface area contributed by atoms with E-state index in [0.717, 1.165) is 14.7 Å². The van der Waals surface area contributed by atoms with Crippen molar-refractivity contribution in [2.24, 2.45) is 7.05 Å². The van der Waals surface area contributed by atoms with Crippen molar-refractivity contribution in [1.82, 2.24) is 14.0 Å². The van der Waals surface area contributed by atoms with Gasteiger partial charge in [0.05, 0.1) is 0 Å². The van der Waals surface area contributed by atoms with Gasteiger partial charge in [0, 0.05) is 25.9 Å². The third-order valence-corrected chi connectivity index (χ3v) is 4.40. The molecule has 1 aromatic heterocycles. The van der Waals surface area contributed by atoms with Crippen LogP contribution in [0.5, 0.6) is 0 Å². The first-order valence-corrected chi connectivity index (χ1v) is 7.76. The average Bonchev–Trinajstić information content (AvgIpc) is 2.60. The second kappa shape index (κ2) is 6.39. The molecule has 0 bridgehead atoms. The van der Waals surface area contributed by atoms with Crippen molar-refractivity contribution in [1.29, 1.82) is 0 Å². The lowest BCUT2D eigenvalue weighted by atomic mass is 9.92. The Balaban J connectivity index is 1.92. The number of fused-ring (bicyclic) bond motifs is 1. The Hall–Kier alpha value is -3.16. The van der Waals surface area contributed by atoms with Crippen molar-refractivity contribution in [3.8, 4) is 0 Å². The van der Waals surface area contributed by atoms with E-state index in [1.165, 1.54) is 24.2 Å². The van der Waals surface area contributed by atoms with E-state index in [2.05, 4.69) is 0 Å². The smallest absolute Gasteiger partial charge is 0.331 e. The van der Waals surface area contributed by atoms with Crippen LogP contribution in [-0.4, -0.2) is 37.6 Å². The molecular weight excluding hydrogens is 326 g/mol. The number of carbonyl (C=O) groups excluding carboxylic acids is 1. The number of carboxylic acids is 1. The average molecular weight is 343 g/mol. The van der Waals surface area contributed by atoms with Crippen LogP contribution in [0, 0.1) is 0 Å². The van der Waals surface area contributed by atoms with E-state index < -0.39 is 29.2 Å². The fraction of sp³-hybridized carbons (Fsp3) is 0.294. The highest BCUT2D eigenvalue weighted by molar-refractivity contribution is 5.85. The van der Waals surface area contributed by atoms with Gasteiger partial charge in [0.2, 0.25) is 5.91 Å². The van der Waals surface area contributed by atoms with Crippen LogP contribution in [0.15, 0.2) is 46.1 Å². The molecule has 2 aromatic rings. The minimum absolute atomic E-state index is 0.257. The number of hydrogen-bond acceptors (Lipinski definition) is 4. The van der Waals surface area contributed by atoms with E-state index in [9.17, 15) is 24.3 Å². The fourth-order valence-electron chi connectivity index (χ4n) is 3.07. The number of amides is 1. The monoisotopic (exact) mass is 343 g/mol. The number of hydrogen-bond donors (Lipinski definition) is 1. The quantitative estimate of drug-likeness (QED) is 0.829. The third-order valence-electron chi connectivity index (χ3n) is 4.40. The van der Waals surface area contributed by atoms with E-state index in [1.807, 2.05) is 12.1 Å². The molecule has 1 amide bonds. The van der Waals surface area contributed by atoms with Crippen LogP contribution in [0.3, 0.4) is 0 Å². The summed E-state index contributed by atoms with van der Waals surface area (Å²) in [4.78, 5) is 49.2. The molecule has 2 heterocycles. The second-order valence-electron chi connectivity index (χ2n) is 5.90. The maximum atomic E-state index is 12.7. The first-order valence-electron chi connectivity index (χ1n) is 7.76. The van der Waals surface area contributed by atoms with Gasteiger partial charge in [0.15, 0.2) is 6.04 Å². The van der Waals surface area contributed by atoms with Gasteiger partial charge in [-0.15, -0.1) is 0 Å². The maximum absolute atomic E-state index is 12.7. The molecule has 0 saturated carbocycles. The van der Waals surface area contributed by atoms with Gasteiger partial charge in [-0.3, -0.25) is 18.7 Å². The lowest BCUT2D eigenvalue weighted by molar-refractivity contribution is -0.151. The van der Waals surface area contributed by atoms with E-state index >= 15 is 0 Å². The van der Waals surface area contributed by atoms with Crippen molar-refractivity contribution in [2.75, 3.05) is 6.54 Å². The Kier molecular flexibility index (Phi) is 4.26. The predicted molar refractivity (Wildman–Crippen MR) is 88.2 cm³/mol. The summed E-state index contributed by atoms with van der Waals surface area (Å²) in [7, 11) is 1.32. The summed E-state index contributed by atoms with van der Waals surface area (Å²) >= 11 is 0. The van der Waals surface area contributed by atoms with E-state index in [-0.39, 0.29) is 13.1 Å². The van der Waals surface area contributed by atoms with Crippen molar-refractivity contribution in [3.05, 3.63) is 68.5 Å². The fourth-order valence-corrected chi connectivity index (χ4v) is 3.07. The van der Waals surface area contributed by atoms with Crippen LogP contribution >= 0.6 is 0 Å². The van der Waals surface area contributed by atoms with E-state index in [1.54, 1.807) is 12.1 Å². The lowest BCUT2D eigenvalue weighted by Gasteiger charge is -2.34. The number of rotatable bonds is 3. The van der Waals surface area contributed by atoms with Crippen LogP contribution in [0.2, 0.25) is 0 Å². The molecule has 0 aliphatic carbocycles. The topological polar surface area (TPSA) is 102 Å². The summed E-state index contributed by atoms with van der Waals surface area (Å²) in [6.07, 6.45) is 1.80. The minimum Gasteiger partial charge on any atom is -0.479 e. The Morgan fingerprint density at radius 3 is 2.64 bits per heavy atom. The number of aliphatic carboxylic acids is 1. The van der Waals surface area contributed by atoms with Gasteiger partial charge >= 0.3 is 11.7 Å². The molecule has 1 unspecified atom stereocenters. The summed E-state index contributed by atoms with van der Waals surface area (Å²) in [5, 5.41) is 9.60. The SMILES string of the molecule is Cn1c(=O)ccn(CC(=O)N2CCc3ccccc3C2C(=O)O)c1=O. The summed E-state index contributed by atoms with van der Waals surface area (Å²) in [6.45, 7) is -0.0633. The van der Waals surface area contributed by atoms with Gasteiger partial charge < -0.3 is 10.0 Å². The highest BCUT2D eigenvalue weighted by atomic mass is 16.4. The van der Waals surface area contributed by atoms with Crippen molar-refractivity contribution in [3.63, 3.8) is 0 Å². The molecule has 8 heteroatoms. The zero-order valence-electron chi connectivity index (χ0n) is 13.6. The number of benzene rings is 1. The summed E-state index contributed by atoms with van der Waals surface area (Å²) in [5.41, 5.74) is 0.398. The molecule has 1 aliphatic rings. The van der Waals surface area contributed by atoms with Crippen LogP contribution in [-0.2, 0) is 29.6 Å². The number of carboxylic acid groups (broad SMARTS) is 1. The highest BCUT2D eigenvalue weighted by Crippen LogP contribution is 2.30. The molecule has 130 valence electrons. The third kappa shape index (κ3) is 2.98. The van der Waals surface area contributed by atoms with Gasteiger partial charge in [-0.1, -0.05) is 24.3 Å². The molecule has 1 aliphatic heterocycles. The van der Waals surface area contributed by atoms with Crippen molar-refractivity contribution < 1.29 is 14.7 Å². The standard InChI is InChI=1S/C17H17N3O5/c1-18-13(21)7-8-19(17(18)25)10-14(22)20-9-6-11-4-2-3-5-12(11)15(20)16(23)24/h2-5,7-8,15H,6,9-10H2,1H3,(H,23,24). The van der Waals surface area contributed by atoms with Crippen LogP contribution in [0.1, 0.15) is 17.2 Å². The molecule has 0 spiro atoms.